The summed E-state index contributed by atoms with van der Waals surface area (Å²) in [6, 6.07) is 13.6. The highest BCUT2D eigenvalue weighted by Gasteiger charge is 2.16. The number of aliphatic hydroxyl groups is 1. The maximum Gasteiger partial charge on any atom is 0.412 e. The SMILES string of the molecule is CC(C)(C)OC(=O)Nc1ccc(CCNC(=O)C(O)Cc2ccc(O)cc2)cc1. The molecule has 156 valence electrons. The lowest BCUT2D eigenvalue weighted by atomic mass is 10.1. The van der Waals surface area contributed by atoms with Gasteiger partial charge in [0.25, 0.3) is 0 Å². The van der Waals surface area contributed by atoms with Gasteiger partial charge in [0.15, 0.2) is 0 Å². The van der Waals surface area contributed by atoms with Gasteiger partial charge in [-0.05, 0) is 62.6 Å². The maximum absolute atomic E-state index is 12.0. The number of rotatable bonds is 7. The molecule has 1 unspecified atom stereocenters. The number of hydrogen-bond acceptors (Lipinski definition) is 5. The zero-order chi connectivity index (χ0) is 21.4. The van der Waals surface area contributed by atoms with Gasteiger partial charge in [0.05, 0.1) is 0 Å². The van der Waals surface area contributed by atoms with Gasteiger partial charge in [-0.2, -0.15) is 0 Å². The third kappa shape index (κ3) is 8.23. The Bertz CT molecular complexity index is 811. The van der Waals surface area contributed by atoms with Gasteiger partial charge in [0.1, 0.15) is 17.5 Å². The van der Waals surface area contributed by atoms with E-state index in [2.05, 4.69) is 10.6 Å². The molecule has 4 N–H and O–H groups in total. The molecule has 0 aliphatic heterocycles. The van der Waals surface area contributed by atoms with Gasteiger partial charge in [-0.3, -0.25) is 10.1 Å². The molecule has 0 saturated heterocycles. The highest BCUT2D eigenvalue weighted by atomic mass is 16.6. The van der Waals surface area contributed by atoms with Crippen molar-refractivity contribution >= 4 is 17.7 Å². The average molecular weight is 400 g/mol. The van der Waals surface area contributed by atoms with E-state index in [-0.39, 0.29) is 12.2 Å². The fraction of sp³-hybridized carbons (Fsp3) is 0.364. The minimum atomic E-state index is -1.15. The number of carbonyl (C=O) groups is 2. The van der Waals surface area contributed by atoms with Gasteiger partial charge >= 0.3 is 6.09 Å². The summed E-state index contributed by atoms with van der Waals surface area (Å²) >= 11 is 0. The Kier molecular flexibility index (Phi) is 7.61. The van der Waals surface area contributed by atoms with Crippen LogP contribution >= 0.6 is 0 Å². The van der Waals surface area contributed by atoms with E-state index in [9.17, 15) is 19.8 Å². The minimum Gasteiger partial charge on any atom is -0.508 e. The van der Waals surface area contributed by atoms with Crippen LogP contribution in [0.3, 0.4) is 0 Å². The molecular formula is C22H28N2O5. The second-order valence-electron chi connectivity index (χ2n) is 7.75. The van der Waals surface area contributed by atoms with Crippen molar-refractivity contribution in [3.05, 3.63) is 59.7 Å². The van der Waals surface area contributed by atoms with Crippen LogP contribution in [0.25, 0.3) is 0 Å². The van der Waals surface area contributed by atoms with E-state index in [4.69, 9.17) is 4.74 Å². The molecule has 1 atom stereocenters. The van der Waals surface area contributed by atoms with Crippen LogP contribution in [0.2, 0.25) is 0 Å². The minimum absolute atomic E-state index is 0.139. The van der Waals surface area contributed by atoms with E-state index in [1.807, 2.05) is 12.1 Å². The predicted molar refractivity (Wildman–Crippen MR) is 111 cm³/mol. The monoisotopic (exact) mass is 400 g/mol. The quantitative estimate of drug-likeness (QED) is 0.571. The van der Waals surface area contributed by atoms with Crippen LogP contribution in [0.15, 0.2) is 48.5 Å². The first-order valence-corrected chi connectivity index (χ1v) is 9.45. The zero-order valence-corrected chi connectivity index (χ0v) is 16.9. The zero-order valence-electron chi connectivity index (χ0n) is 16.9. The lowest BCUT2D eigenvalue weighted by Gasteiger charge is -2.19. The fourth-order valence-corrected chi connectivity index (χ4v) is 2.57. The smallest absolute Gasteiger partial charge is 0.412 e. The molecule has 0 heterocycles. The van der Waals surface area contributed by atoms with Gasteiger partial charge in [-0.25, -0.2) is 4.79 Å². The standard InChI is InChI=1S/C22H28N2O5/c1-22(2,3)29-21(28)24-17-8-4-15(5-9-17)12-13-23-20(27)19(26)14-16-6-10-18(25)11-7-16/h4-11,19,25-26H,12-14H2,1-3H3,(H,23,27)(H,24,28). The molecule has 2 amide bonds. The first-order valence-electron chi connectivity index (χ1n) is 9.45. The highest BCUT2D eigenvalue weighted by Crippen LogP contribution is 2.14. The van der Waals surface area contributed by atoms with Gasteiger partial charge in [-0.15, -0.1) is 0 Å². The average Bonchev–Trinajstić information content (AvgIpc) is 2.63. The summed E-state index contributed by atoms with van der Waals surface area (Å²) in [7, 11) is 0. The molecule has 0 aromatic heterocycles. The van der Waals surface area contributed by atoms with E-state index in [1.54, 1.807) is 45.0 Å². The first-order chi connectivity index (χ1) is 13.6. The summed E-state index contributed by atoms with van der Waals surface area (Å²) in [6.45, 7) is 5.77. The van der Waals surface area contributed by atoms with Crippen molar-refractivity contribution in [1.82, 2.24) is 5.32 Å². The van der Waals surface area contributed by atoms with Crippen molar-refractivity contribution in [1.29, 1.82) is 0 Å². The molecular weight excluding hydrogens is 372 g/mol. The molecule has 0 aliphatic rings. The molecule has 0 saturated carbocycles. The largest absolute Gasteiger partial charge is 0.508 e. The molecule has 0 bridgehead atoms. The number of ether oxygens (including phenoxy) is 1. The molecule has 7 heteroatoms. The molecule has 2 aromatic carbocycles. The second kappa shape index (κ2) is 9.93. The Hall–Kier alpha value is -3.06. The van der Waals surface area contributed by atoms with E-state index < -0.39 is 23.7 Å². The summed E-state index contributed by atoms with van der Waals surface area (Å²) in [5.74, 6) is -0.304. The van der Waals surface area contributed by atoms with Crippen molar-refractivity contribution in [3.63, 3.8) is 0 Å². The summed E-state index contributed by atoms with van der Waals surface area (Å²) < 4.78 is 5.20. The summed E-state index contributed by atoms with van der Waals surface area (Å²) in [5, 5.41) is 24.6. The number of hydrogen-bond donors (Lipinski definition) is 4. The Morgan fingerprint density at radius 2 is 1.59 bits per heavy atom. The molecule has 2 aromatic rings. The number of phenolic OH excluding ortho intramolecular Hbond substituents is 1. The van der Waals surface area contributed by atoms with Crippen LogP contribution in [-0.4, -0.2) is 40.5 Å². The van der Waals surface area contributed by atoms with Gasteiger partial charge in [0.2, 0.25) is 5.91 Å². The van der Waals surface area contributed by atoms with E-state index in [1.165, 1.54) is 12.1 Å². The Morgan fingerprint density at radius 1 is 1.00 bits per heavy atom. The Morgan fingerprint density at radius 3 is 2.17 bits per heavy atom. The molecule has 29 heavy (non-hydrogen) atoms. The second-order valence-corrected chi connectivity index (χ2v) is 7.75. The topological polar surface area (TPSA) is 108 Å². The number of nitrogens with one attached hydrogen (secondary N) is 2. The fourth-order valence-electron chi connectivity index (χ4n) is 2.57. The number of anilines is 1. The summed E-state index contributed by atoms with van der Waals surface area (Å²) in [5.41, 5.74) is 1.80. The molecule has 0 fully saturated rings. The van der Waals surface area contributed by atoms with Crippen molar-refractivity contribution in [2.45, 2.75) is 45.3 Å². The number of aliphatic hydroxyl groups excluding tert-OH is 1. The summed E-state index contributed by atoms with van der Waals surface area (Å²) in [4.78, 5) is 23.8. The van der Waals surface area contributed by atoms with Crippen LogP contribution in [0.4, 0.5) is 10.5 Å². The van der Waals surface area contributed by atoms with E-state index >= 15 is 0 Å². The number of benzene rings is 2. The Labute approximate surface area is 170 Å². The van der Waals surface area contributed by atoms with Gasteiger partial charge < -0.3 is 20.3 Å². The van der Waals surface area contributed by atoms with Crippen LogP contribution in [-0.2, 0) is 22.4 Å². The number of amides is 2. The van der Waals surface area contributed by atoms with Crippen molar-refractivity contribution < 1.29 is 24.5 Å². The third-order valence-corrected chi connectivity index (χ3v) is 3.98. The van der Waals surface area contributed by atoms with Crippen molar-refractivity contribution in [2.24, 2.45) is 0 Å². The van der Waals surface area contributed by atoms with Crippen LogP contribution < -0.4 is 10.6 Å². The van der Waals surface area contributed by atoms with Crippen molar-refractivity contribution in [2.75, 3.05) is 11.9 Å². The van der Waals surface area contributed by atoms with Crippen LogP contribution in [0.5, 0.6) is 5.75 Å². The molecule has 7 nitrogen and oxygen atoms in total. The van der Waals surface area contributed by atoms with Crippen LogP contribution in [0, 0.1) is 0 Å². The molecule has 0 radical (unpaired) electrons. The summed E-state index contributed by atoms with van der Waals surface area (Å²) in [6.07, 6.45) is -0.901. The highest BCUT2D eigenvalue weighted by molar-refractivity contribution is 5.84. The van der Waals surface area contributed by atoms with E-state index in [0.717, 1.165) is 11.1 Å². The first kappa shape index (κ1) is 22.2. The Balaban J connectivity index is 1.74. The molecule has 2 rings (SSSR count). The van der Waals surface area contributed by atoms with Gasteiger partial charge in [-0.1, -0.05) is 24.3 Å². The molecule has 0 aliphatic carbocycles. The maximum atomic E-state index is 12.0. The third-order valence-electron chi connectivity index (χ3n) is 3.98. The van der Waals surface area contributed by atoms with Crippen molar-refractivity contribution in [3.8, 4) is 5.75 Å². The predicted octanol–water partition coefficient (Wildman–Crippen LogP) is 3.00. The lowest BCUT2D eigenvalue weighted by molar-refractivity contribution is -0.129. The lowest BCUT2D eigenvalue weighted by Crippen LogP contribution is -2.37. The number of phenols is 1. The van der Waals surface area contributed by atoms with Crippen LogP contribution in [0.1, 0.15) is 31.9 Å². The molecule has 0 spiro atoms. The van der Waals surface area contributed by atoms with Gasteiger partial charge in [0, 0.05) is 18.7 Å². The normalized spacial score (nSPS) is 12.1. The van der Waals surface area contributed by atoms with E-state index in [0.29, 0.717) is 18.7 Å². The number of aromatic hydroxyl groups is 1. The number of carbonyl (C=O) groups excluding carboxylic acids is 2.